The molecule has 1 aliphatic heterocycles. The number of allylic oxidation sites excluding steroid dienone is 1. The van der Waals surface area contributed by atoms with Gasteiger partial charge in [-0.1, -0.05) is 6.07 Å². The van der Waals surface area contributed by atoms with Crippen molar-refractivity contribution in [1.29, 1.82) is 5.26 Å². The molecule has 1 aromatic heterocycles. The summed E-state index contributed by atoms with van der Waals surface area (Å²) >= 11 is 0. The Kier molecular flexibility index (Phi) is 5.02. The lowest BCUT2D eigenvalue weighted by molar-refractivity contribution is -0.148. The molecule has 2 unspecified atom stereocenters. The van der Waals surface area contributed by atoms with Crippen molar-refractivity contribution in [3.05, 3.63) is 56.8 Å². The van der Waals surface area contributed by atoms with Crippen LogP contribution in [0.5, 0.6) is 0 Å². The molecule has 0 amide bonds. The average Bonchev–Trinajstić information content (AvgIpc) is 2.64. The molecular weight excluding hydrogens is 387 g/mol. The summed E-state index contributed by atoms with van der Waals surface area (Å²) in [6.07, 6.45) is 2.47. The molecule has 154 valence electrons. The van der Waals surface area contributed by atoms with Crippen molar-refractivity contribution in [3.8, 4) is 6.07 Å². The largest absolute Gasteiger partial charge is 0.461 e. The van der Waals surface area contributed by atoms with Gasteiger partial charge in [0.2, 0.25) is 0 Å². The number of ether oxygens (including phenoxy) is 1. The van der Waals surface area contributed by atoms with Crippen molar-refractivity contribution in [3.63, 3.8) is 0 Å². The van der Waals surface area contributed by atoms with Crippen LogP contribution in [0.15, 0.2) is 43.7 Å². The van der Waals surface area contributed by atoms with Gasteiger partial charge in [-0.05, 0) is 46.1 Å². The van der Waals surface area contributed by atoms with Crippen LogP contribution >= 0.6 is 0 Å². The van der Waals surface area contributed by atoms with Gasteiger partial charge in [-0.3, -0.25) is 9.79 Å². The lowest BCUT2D eigenvalue weighted by Crippen LogP contribution is -2.33. The Bertz CT molecular complexity index is 1210. The lowest BCUT2D eigenvalue weighted by atomic mass is 9.76. The van der Waals surface area contributed by atoms with Gasteiger partial charge in [0.1, 0.15) is 28.7 Å². The molecule has 2 heterocycles. The van der Waals surface area contributed by atoms with Crippen LogP contribution in [0.25, 0.3) is 11.0 Å². The topological polar surface area (TPSA) is 92.7 Å². The van der Waals surface area contributed by atoms with Crippen molar-refractivity contribution < 1.29 is 18.3 Å². The van der Waals surface area contributed by atoms with Gasteiger partial charge < -0.3 is 9.15 Å². The van der Waals surface area contributed by atoms with Crippen LogP contribution in [0, 0.1) is 30.0 Å². The van der Waals surface area contributed by atoms with Gasteiger partial charge in [0.15, 0.2) is 5.43 Å². The maximum atomic E-state index is 14.5. The molecule has 0 bridgehead atoms. The number of benzene rings is 1. The van der Waals surface area contributed by atoms with E-state index in [1.54, 1.807) is 20.8 Å². The van der Waals surface area contributed by atoms with Crippen LogP contribution in [0.3, 0.4) is 0 Å². The summed E-state index contributed by atoms with van der Waals surface area (Å²) in [7, 11) is 0. The first-order valence-corrected chi connectivity index (χ1v) is 9.91. The molecule has 1 fully saturated rings. The second-order valence-corrected chi connectivity index (χ2v) is 7.86. The molecular formula is C23H21FN2O4. The highest BCUT2D eigenvalue weighted by atomic mass is 19.1. The van der Waals surface area contributed by atoms with E-state index in [1.165, 1.54) is 18.2 Å². The molecule has 1 aliphatic carbocycles. The number of rotatable bonds is 3. The van der Waals surface area contributed by atoms with Crippen molar-refractivity contribution in [1.82, 2.24) is 0 Å². The summed E-state index contributed by atoms with van der Waals surface area (Å²) in [5.41, 5.74) is 1.15. The molecule has 1 saturated carbocycles. The molecule has 1 aromatic carbocycles. The fourth-order valence-electron chi connectivity index (χ4n) is 4.11. The van der Waals surface area contributed by atoms with Crippen LogP contribution in [-0.4, -0.2) is 17.8 Å². The number of carbonyl (C=O) groups excluding carboxylic acids is 1. The van der Waals surface area contributed by atoms with Gasteiger partial charge in [0.05, 0.1) is 17.6 Å². The zero-order valence-corrected chi connectivity index (χ0v) is 17.0. The predicted molar refractivity (Wildman–Crippen MR) is 109 cm³/mol. The highest BCUT2D eigenvalue weighted by molar-refractivity contribution is 5.99. The molecule has 6 nitrogen and oxygen atoms in total. The maximum Gasteiger partial charge on any atom is 0.336 e. The summed E-state index contributed by atoms with van der Waals surface area (Å²) in [6.45, 7) is 5.00. The number of aryl methyl sites for hydroxylation is 1. The van der Waals surface area contributed by atoms with Crippen LogP contribution in [-0.2, 0) is 9.53 Å². The summed E-state index contributed by atoms with van der Waals surface area (Å²) in [5, 5.41) is 9.69. The van der Waals surface area contributed by atoms with Gasteiger partial charge in [-0.25, -0.2) is 9.18 Å². The van der Waals surface area contributed by atoms with Crippen molar-refractivity contribution in [2.24, 2.45) is 10.9 Å². The number of esters is 1. The molecule has 30 heavy (non-hydrogen) atoms. The Balaban J connectivity index is 1.95. The van der Waals surface area contributed by atoms with Gasteiger partial charge in [-0.2, -0.15) is 5.26 Å². The number of nitrogens with zero attached hydrogens (tertiary/aromatic N) is 2. The third-order valence-electron chi connectivity index (χ3n) is 5.83. The van der Waals surface area contributed by atoms with Gasteiger partial charge >= 0.3 is 5.97 Å². The fourth-order valence-corrected chi connectivity index (χ4v) is 4.11. The van der Waals surface area contributed by atoms with Crippen molar-refractivity contribution >= 4 is 22.7 Å². The van der Waals surface area contributed by atoms with E-state index in [0.29, 0.717) is 22.7 Å². The van der Waals surface area contributed by atoms with Crippen LogP contribution in [0.2, 0.25) is 0 Å². The number of hydrogen-bond donors (Lipinski definition) is 0. The normalized spacial score (nSPS) is 21.8. The minimum absolute atomic E-state index is 0.0432. The summed E-state index contributed by atoms with van der Waals surface area (Å²) in [6, 6.07) is 6.07. The molecule has 7 heteroatoms. The molecule has 0 N–H and O–H groups in total. The first kappa shape index (κ1) is 20.0. The SMILES string of the molecule is CC1=NC(C)=C(C(=O)OC2CCC2)C(c2ccc(F)c3c(=O)cc(C)oc23)C1C#N. The van der Waals surface area contributed by atoms with Gasteiger partial charge in [-0.15, -0.1) is 0 Å². The lowest BCUT2D eigenvalue weighted by Gasteiger charge is -2.32. The van der Waals surface area contributed by atoms with E-state index in [9.17, 15) is 19.2 Å². The van der Waals surface area contributed by atoms with Gasteiger partial charge in [0.25, 0.3) is 0 Å². The zero-order chi connectivity index (χ0) is 21.6. The van der Waals surface area contributed by atoms with Crippen LogP contribution in [0.1, 0.15) is 50.4 Å². The third kappa shape index (κ3) is 3.22. The molecule has 0 spiro atoms. The van der Waals surface area contributed by atoms with Crippen LogP contribution in [0.4, 0.5) is 4.39 Å². The Hall–Kier alpha value is -3.27. The Morgan fingerprint density at radius 2 is 2.03 bits per heavy atom. The van der Waals surface area contributed by atoms with Crippen molar-refractivity contribution in [2.45, 2.75) is 52.1 Å². The second-order valence-electron chi connectivity index (χ2n) is 7.86. The minimum Gasteiger partial charge on any atom is -0.461 e. The number of carbonyl (C=O) groups is 1. The quantitative estimate of drug-likeness (QED) is 0.706. The zero-order valence-electron chi connectivity index (χ0n) is 17.0. The number of nitriles is 1. The number of aliphatic imine (C=N–C) groups is 1. The predicted octanol–water partition coefficient (Wildman–Crippen LogP) is 4.31. The summed E-state index contributed by atoms with van der Waals surface area (Å²) in [5.74, 6) is -2.50. The minimum atomic E-state index is -0.784. The monoisotopic (exact) mass is 408 g/mol. The van der Waals surface area contributed by atoms with E-state index < -0.39 is 29.1 Å². The Morgan fingerprint density at radius 3 is 2.67 bits per heavy atom. The van der Waals surface area contributed by atoms with E-state index in [2.05, 4.69) is 11.1 Å². The summed E-state index contributed by atoms with van der Waals surface area (Å²) in [4.78, 5) is 29.9. The van der Waals surface area contributed by atoms with Gasteiger partial charge in [0, 0.05) is 29.0 Å². The summed E-state index contributed by atoms with van der Waals surface area (Å²) < 4.78 is 25.9. The molecule has 4 rings (SSSR count). The number of fused-ring (bicyclic) bond motifs is 1. The average molecular weight is 408 g/mol. The fraction of sp³-hybridized carbons (Fsp3) is 0.391. The molecule has 2 aromatic rings. The molecule has 2 aliphatic rings. The maximum absolute atomic E-state index is 14.5. The molecule has 2 atom stereocenters. The third-order valence-corrected chi connectivity index (χ3v) is 5.83. The first-order valence-electron chi connectivity index (χ1n) is 9.91. The second kappa shape index (κ2) is 7.52. The highest BCUT2D eigenvalue weighted by Gasteiger charge is 2.40. The van der Waals surface area contributed by atoms with E-state index in [0.717, 1.165) is 19.3 Å². The standard InChI is InChI=1S/C23H21FN2O4/c1-11-9-18(27)21-17(24)8-7-15(22(21)29-11)20-16(10-25)12(2)26-13(3)19(20)23(28)30-14-5-4-6-14/h7-9,14,16,20H,4-6H2,1-3H3. The number of halogens is 1. The van der Waals surface area contributed by atoms with E-state index in [-0.39, 0.29) is 22.6 Å². The van der Waals surface area contributed by atoms with E-state index >= 15 is 0 Å². The highest BCUT2D eigenvalue weighted by Crippen LogP contribution is 2.42. The van der Waals surface area contributed by atoms with Crippen LogP contribution < -0.4 is 5.43 Å². The molecule has 0 radical (unpaired) electrons. The van der Waals surface area contributed by atoms with E-state index in [4.69, 9.17) is 9.15 Å². The smallest absolute Gasteiger partial charge is 0.336 e. The Labute approximate surface area is 172 Å². The molecule has 0 saturated heterocycles. The Morgan fingerprint density at radius 1 is 1.30 bits per heavy atom. The van der Waals surface area contributed by atoms with E-state index in [1.807, 2.05) is 0 Å². The van der Waals surface area contributed by atoms with Crippen molar-refractivity contribution in [2.75, 3.05) is 0 Å². The first-order chi connectivity index (χ1) is 14.3. The number of hydrogen-bond acceptors (Lipinski definition) is 6.